The molecule has 2 rings (SSSR count). The molecule has 0 aromatic heterocycles. The zero-order chi connectivity index (χ0) is 12.8. The van der Waals surface area contributed by atoms with Gasteiger partial charge in [0.2, 0.25) is 0 Å². The lowest BCUT2D eigenvalue weighted by Crippen LogP contribution is -2.05. The maximum atomic E-state index is 11.6. The van der Waals surface area contributed by atoms with E-state index in [2.05, 4.69) is 0 Å². The van der Waals surface area contributed by atoms with Crippen molar-refractivity contribution in [2.24, 2.45) is 0 Å². The maximum Gasteiger partial charge on any atom is 0.338 e. The van der Waals surface area contributed by atoms with Crippen LogP contribution in [0.5, 0.6) is 0 Å². The molecule has 0 unspecified atom stereocenters. The quantitative estimate of drug-likeness (QED) is 0.757. The Balaban J connectivity index is 2.13. The normalized spacial score (nSPS) is 10.1. The predicted molar refractivity (Wildman–Crippen MR) is 72.5 cm³/mol. The van der Waals surface area contributed by atoms with Crippen LogP contribution in [0.25, 0.3) is 11.1 Å². The van der Waals surface area contributed by atoms with Crippen molar-refractivity contribution < 1.29 is 9.53 Å². The van der Waals surface area contributed by atoms with Gasteiger partial charge in [-0.05, 0) is 29.7 Å². The van der Waals surface area contributed by atoms with Gasteiger partial charge in [-0.3, -0.25) is 0 Å². The third-order valence-corrected chi connectivity index (χ3v) is 2.67. The number of hydrogen-bond acceptors (Lipinski definition) is 2. The Morgan fingerprint density at radius 3 is 2.17 bits per heavy atom. The molecular weight excluding hydrogens is 224 g/mol. The van der Waals surface area contributed by atoms with E-state index in [0.717, 1.165) is 17.5 Å². The molecule has 0 heterocycles. The Hall–Kier alpha value is -2.09. The molecule has 2 nitrogen and oxygen atoms in total. The fraction of sp³-hybridized carbons (Fsp3) is 0.188. The van der Waals surface area contributed by atoms with E-state index in [4.69, 9.17) is 4.74 Å². The van der Waals surface area contributed by atoms with Crippen molar-refractivity contribution in [2.45, 2.75) is 13.3 Å². The third kappa shape index (κ3) is 2.98. The predicted octanol–water partition coefficient (Wildman–Crippen LogP) is 3.92. The average Bonchev–Trinajstić information content (AvgIpc) is 2.46. The number of carbonyl (C=O) groups excluding carboxylic acids is 1. The van der Waals surface area contributed by atoms with Crippen molar-refractivity contribution in [3.8, 4) is 11.1 Å². The lowest BCUT2D eigenvalue weighted by molar-refractivity contribution is 0.0505. The third-order valence-electron chi connectivity index (χ3n) is 2.67. The lowest BCUT2D eigenvalue weighted by atomic mass is 10.0. The summed E-state index contributed by atoms with van der Waals surface area (Å²) in [6, 6.07) is 17.6. The zero-order valence-electron chi connectivity index (χ0n) is 10.4. The van der Waals surface area contributed by atoms with Crippen LogP contribution in [0.3, 0.4) is 0 Å². The van der Waals surface area contributed by atoms with E-state index in [1.54, 1.807) is 12.1 Å². The molecular formula is C16H16O2. The van der Waals surface area contributed by atoms with Crippen LogP contribution in [0.2, 0.25) is 0 Å². The average molecular weight is 240 g/mol. The van der Waals surface area contributed by atoms with Crippen LogP contribution in [0.15, 0.2) is 54.6 Å². The minimum absolute atomic E-state index is 0.253. The second-order valence-electron chi connectivity index (χ2n) is 4.08. The first kappa shape index (κ1) is 12.4. The van der Waals surface area contributed by atoms with Gasteiger partial charge in [0.1, 0.15) is 0 Å². The molecule has 0 aliphatic heterocycles. The molecule has 92 valence electrons. The second kappa shape index (κ2) is 6.01. The summed E-state index contributed by atoms with van der Waals surface area (Å²) in [5, 5.41) is 0. The van der Waals surface area contributed by atoms with Gasteiger partial charge in [-0.25, -0.2) is 4.79 Å². The van der Waals surface area contributed by atoms with Gasteiger partial charge in [0.25, 0.3) is 0 Å². The topological polar surface area (TPSA) is 26.3 Å². The van der Waals surface area contributed by atoms with Crippen LogP contribution in [-0.4, -0.2) is 12.6 Å². The first-order valence-electron chi connectivity index (χ1n) is 6.14. The van der Waals surface area contributed by atoms with E-state index < -0.39 is 0 Å². The first-order valence-corrected chi connectivity index (χ1v) is 6.14. The van der Waals surface area contributed by atoms with Crippen LogP contribution >= 0.6 is 0 Å². The number of ether oxygens (including phenoxy) is 1. The van der Waals surface area contributed by atoms with E-state index in [9.17, 15) is 4.79 Å². The number of esters is 1. The first-order chi connectivity index (χ1) is 8.81. The van der Waals surface area contributed by atoms with Gasteiger partial charge in [0.15, 0.2) is 0 Å². The molecule has 2 aromatic carbocycles. The van der Waals surface area contributed by atoms with Gasteiger partial charge >= 0.3 is 5.97 Å². The fourth-order valence-corrected chi connectivity index (χ4v) is 1.71. The van der Waals surface area contributed by atoms with Crippen LogP contribution in [0.1, 0.15) is 23.7 Å². The molecule has 2 aromatic rings. The summed E-state index contributed by atoms with van der Waals surface area (Å²) in [7, 11) is 0. The molecule has 0 spiro atoms. The smallest absolute Gasteiger partial charge is 0.338 e. The second-order valence-corrected chi connectivity index (χ2v) is 4.08. The van der Waals surface area contributed by atoms with E-state index in [-0.39, 0.29) is 5.97 Å². The number of carbonyl (C=O) groups is 1. The largest absolute Gasteiger partial charge is 0.462 e. The van der Waals surface area contributed by atoms with Crippen molar-refractivity contribution in [3.63, 3.8) is 0 Å². The van der Waals surface area contributed by atoms with E-state index >= 15 is 0 Å². The van der Waals surface area contributed by atoms with Crippen molar-refractivity contribution in [2.75, 3.05) is 6.61 Å². The van der Waals surface area contributed by atoms with Gasteiger partial charge in [0, 0.05) is 0 Å². The van der Waals surface area contributed by atoms with Crippen LogP contribution in [0, 0.1) is 0 Å². The Kier molecular flexibility index (Phi) is 4.13. The van der Waals surface area contributed by atoms with Crippen LogP contribution < -0.4 is 0 Å². The summed E-state index contributed by atoms with van der Waals surface area (Å²) in [5.74, 6) is -0.253. The molecule has 18 heavy (non-hydrogen) atoms. The van der Waals surface area contributed by atoms with Gasteiger partial charge < -0.3 is 4.74 Å². The number of hydrogen-bond donors (Lipinski definition) is 0. The van der Waals surface area contributed by atoms with Crippen LogP contribution in [-0.2, 0) is 4.74 Å². The fourth-order valence-electron chi connectivity index (χ4n) is 1.71. The van der Waals surface area contributed by atoms with E-state index in [1.165, 1.54) is 0 Å². The zero-order valence-corrected chi connectivity index (χ0v) is 10.4. The molecule has 2 heteroatoms. The lowest BCUT2D eigenvalue weighted by Gasteiger charge is -2.05. The number of rotatable bonds is 4. The molecule has 0 aliphatic rings. The molecule has 0 saturated carbocycles. The molecule has 0 radical (unpaired) electrons. The highest BCUT2D eigenvalue weighted by molar-refractivity contribution is 5.90. The van der Waals surface area contributed by atoms with Crippen molar-refractivity contribution in [1.82, 2.24) is 0 Å². The summed E-state index contributed by atoms with van der Waals surface area (Å²) in [6.07, 6.45) is 0.841. The Labute approximate surface area is 107 Å². The highest BCUT2D eigenvalue weighted by Gasteiger charge is 2.06. The van der Waals surface area contributed by atoms with Crippen LogP contribution in [0.4, 0.5) is 0 Å². The van der Waals surface area contributed by atoms with E-state index in [1.807, 2.05) is 49.4 Å². The highest BCUT2D eigenvalue weighted by atomic mass is 16.5. The molecule has 0 fully saturated rings. The highest BCUT2D eigenvalue weighted by Crippen LogP contribution is 2.19. The van der Waals surface area contributed by atoms with Crippen molar-refractivity contribution in [3.05, 3.63) is 60.2 Å². The van der Waals surface area contributed by atoms with Gasteiger partial charge in [0.05, 0.1) is 12.2 Å². The van der Waals surface area contributed by atoms with Crippen molar-refractivity contribution in [1.29, 1.82) is 0 Å². The molecule has 0 aliphatic carbocycles. The SMILES string of the molecule is CCCOC(=O)c1ccc(-c2ccccc2)cc1. The Morgan fingerprint density at radius 2 is 1.56 bits per heavy atom. The summed E-state index contributed by atoms with van der Waals surface area (Å²) in [6.45, 7) is 2.45. The molecule has 0 N–H and O–H groups in total. The molecule has 0 saturated heterocycles. The van der Waals surface area contributed by atoms with Crippen molar-refractivity contribution >= 4 is 5.97 Å². The summed E-state index contributed by atoms with van der Waals surface area (Å²) < 4.78 is 5.08. The van der Waals surface area contributed by atoms with Gasteiger partial charge in [-0.2, -0.15) is 0 Å². The monoisotopic (exact) mass is 240 g/mol. The van der Waals surface area contributed by atoms with Gasteiger partial charge in [-0.15, -0.1) is 0 Å². The molecule has 0 bridgehead atoms. The maximum absolute atomic E-state index is 11.6. The van der Waals surface area contributed by atoms with Gasteiger partial charge in [-0.1, -0.05) is 49.4 Å². The summed E-state index contributed by atoms with van der Waals surface area (Å²) in [4.78, 5) is 11.6. The Bertz CT molecular complexity index is 500. The van der Waals surface area contributed by atoms with E-state index in [0.29, 0.717) is 12.2 Å². The Morgan fingerprint density at radius 1 is 0.944 bits per heavy atom. The minimum Gasteiger partial charge on any atom is -0.462 e. The summed E-state index contributed by atoms with van der Waals surface area (Å²) >= 11 is 0. The standard InChI is InChI=1S/C16H16O2/c1-2-12-18-16(17)15-10-8-14(9-11-15)13-6-4-3-5-7-13/h3-11H,2,12H2,1H3. The number of benzene rings is 2. The summed E-state index contributed by atoms with van der Waals surface area (Å²) in [5.41, 5.74) is 2.84. The molecule has 0 amide bonds. The minimum atomic E-state index is -0.253. The molecule has 0 atom stereocenters.